The second-order valence-corrected chi connectivity index (χ2v) is 6.32. The number of amides is 1. The Morgan fingerprint density at radius 1 is 1.39 bits per heavy atom. The number of rotatable bonds is 6. The van der Waals surface area contributed by atoms with Crippen LogP contribution in [0, 0.1) is 11.7 Å². The number of carbonyl (C=O) groups excluding carboxylic acids is 1. The lowest BCUT2D eigenvalue weighted by Crippen LogP contribution is -2.33. The maximum Gasteiger partial charge on any atom is 0.249 e. The van der Waals surface area contributed by atoms with Gasteiger partial charge in [-0.05, 0) is 30.4 Å². The minimum atomic E-state index is -0.377. The lowest BCUT2D eigenvalue weighted by molar-refractivity contribution is -0.121. The lowest BCUT2D eigenvalue weighted by Gasteiger charge is -2.18. The van der Waals surface area contributed by atoms with Gasteiger partial charge >= 0.3 is 0 Å². The molecule has 1 N–H and O–H groups in total. The number of carbonyl (C=O) groups is 1. The Labute approximate surface area is 134 Å². The average molecular weight is 317 g/mol. The molecule has 6 heteroatoms. The van der Waals surface area contributed by atoms with Gasteiger partial charge in [0.15, 0.2) is 5.82 Å². The zero-order valence-corrected chi connectivity index (χ0v) is 13.3. The van der Waals surface area contributed by atoms with Crippen LogP contribution in [-0.2, 0) is 11.2 Å². The van der Waals surface area contributed by atoms with Gasteiger partial charge in [-0.15, -0.1) is 0 Å². The second-order valence-electron chi connectivity index (χ2n) is 6.32. The zero-order valence-electron chi connectivity index (χ0n) is 13.3. The molecule has 0 bridgehead atoms. The molecule has 3 rings (SSSR count). The predicted octanol–water partition coefficient (Wildman–Crippen LogP) is 3.14. The molecule has 1 saturated carbocycles. The van der Waals surface area contributed by atoms with Gasteiger partial charge in [0.1, 0.15) is 11.9 Å². The van der Waals surface area contributed by atoms with Crippen LogP contribution in [0.1, 0.15) is 55.9 Å². The van der Waals surface area contributed by atoms with Crippen molar-refractivity contribution in [3.63, 3.8) is 0 Å². The molecule has 1 heterocycles. The summed E-state index contributed by atoms with van der Waals surface area (Å²) in [5.41, 5.74) is 0.372. The van der Waals surface area contributed by atoms with E-state index in [1.54, 1.807) is 18.2 Å². The number of hydrogen-bond donors (Lipinski definition) is 1. The van der Waals surface area contributed by atoms with Crippen LogP contribution in [0.5, 0.6) is 0 Å². The van der Waals surface area contributed by atoms with E-state index in [0.717, 1.165) is 12.8 Å². The van der Waals surface area contributed by atoms with E-state index in [0.29, 0.717) is 23.2 Å². The van der Waals surface area contributed by atoms with Crippen molar-refractivity contribution in [2.75, 3.05) is 0 Å². The minimum absolute atomic E-state index is 0.0144. The maximum atomic E-state index is 13.6. The normalized spacial score (nSPS) is 15.7. The summed E-state index contributed by atoms with van der Waals surface area (Å²) >= 11 is 0. The first-order valence-electron chi connectivity index (χ1n) is 7.91. The Bertz CT molecular complexity index is 695. The SMILES string of the molecule is CC(C)[C@@H](NC(=O)Cc1ccccc1F)c1nc(C2CC2)no1. The largest absolute Gasteiger partial charge is 0.344 e. The summed E-state index contributed by atoms with van der Waals surface area (Å²) in [6.07, 6.45) is 2.16. The van der Waals surface area contributed by atoms with Gasteiger partial charge in [-0.25, -0.2) is 4.39 Å². The molecule has 0 radical (unpaired) electrons. The highest BCUT2D eigenvalue weighted by Gasteiger charge is 2.31. The van der Waals surface area contributed by atoms with Gasteiger partial charge in [0.05, 0.1) is 6.42 Å². The average Bonchev–Trinajstić information content (AvgIpc) is 3.25. The van der Waals surface area contributed by atoms with Gasteiger partial charge in [0, 0.05) is 5.92 Å². The highest BCUT2D eigenvalue weighted by molar-refractivity contribution is 5.79. The molecule has 23 heavy (non-hydrogen) atoms. The second kappa shape index (κ2) is 6.48. The van der Waals surface area contributed by atoms with Gasteiger partial charge < -0.3 is 9.84 Å². The fourth-order valence-corrected chi connectivity index (χ4v) is 2.43. The van der Waals surface area contributed by atoms with E-state index >= 15 is 0 Å². The van der Waals surface area contributed by atoms with Crippen LogP contribution in [0.15, 0.2) is 28.8 Å². The fourth-order valence-electron chi connectivity index (χ4n) is 2.43. The Balaban J connectivity index is 1.68. The molecule has 1 fully saturated rings. The molecule has 122 valence electrons. The smallest absolute Gasteiger partial charge is 0.249 e. The zero-order chi connectivity index (χ0) is 16.4. The topological polar surface area (TPSA) is 68.0 Å². The third kappa shape index (κ3) is 3.75. The van der Waals surface area contributed by atoms with E-state index in [9.17, 15) is 9.18 Å². The Morgan fingerprint density at radius 3 is 2.78 bits per heavy atom. The van der Waals surface area contributed by atoms with Gasteiger partial charge in [0.25, 0.3) is 0 Å². The van der Waals surface area contributed by atoms with Crippen LogP contribution in [0.25, 0.3) is 0 Å². The van der Waals surface area contributed by atoms with Gasteiger partial charge in [0.2, 0.25) is 11.8 Å². The van der Waals surface area contributed by atoms with E-state index in [4.69, 9.17) is 4.52 Å². The van der Waals surface area contributed by atoms with Crippen LogP contribution >= 0.6 is 0 Å². The summed E-state index contributed by atoms with van der Waals surface area (Å²) in [6, 6.07) is 5.91. The van der Waals surface area contributed by atoms with Crippen LogP contribution in [0.2, 0.25) is 0 Å². The summed E-state index contributed by atoms with van der Waals surface area (Å²) in [5.74, 6) is 0.983. The van der Waals surface area contributed by atoms with E-state index in [2.05, 4.69) is 15.5 Å². The third-order valence-electron chi connectivity index (χ3n) is 3.96. The van der Waals surface area contributed by atoms with Crippen molar-refractivity contribution in [1.82, 2.24) is 15.5 Å². The van der Waals surface area contributed by atoms with Crippen molar-refractivity contribution in [2.24, 2.45) is 5.92 Å². The Morgan fingerprint density at radius 2 is 2.13 bits per heavy atom. The molecule has 1 aromatic heterocycles. The number of nitrogens with one attached hydrogen (secondary N) is 1. The van der Waals surface area contributed by atoms with Crippen molar-refractivity contribution in [2.45, 2.75) is 45.1 Å². The van der Waals surface area contributed by atoms with Crippen LogP contribution in [-0.4, -0.2) is 16.0 Å². The number of aromatic nitrogens is 2. The number of hydrogen-bond acceptors (Lipinski definition) is 4. The number of nitrogens with zero attached hydrogens (tertiary/aromatic N) is 2. The number of benzene rings is 1. The lowest BCUT2D eigenvalue weighted by atomic mass is 10.0. The highest BCUT2D eigenvalue weighted by atomic mass is 19.1. The molecule has 0 unspecified atom stereocenters. The fraction of sp³-hybridized carbons (Fsp3) is 0.471. The first-order chi connectivity index (χ1) is 11.0. The molecule has 0 spiro atoms. The van der Waals surface area contributed by atoms with Crippen molar-refractivity contribution in [1.29, 1.82) is 0 Å². The minimum Gasteiger partial charge on any atom is -0.344 e. The molecule has 1 amide bonds. The predicted molar refractivity (Wildman–Crippen MR) is 82.1 cm³/mol. The van der Waals surface area contributed by atoms with Crippen LogP contribution < -0.4 is 5.32 Å². The van der Waals surface area contributed by atoms with E-state index in [-0.39, 0.29) is 30.1 Å². The molecule has 0 aliphatic heterocycles. The summed E-state index contributed by atoms with van der Waals surface area (Å²) < 4.78 is 19.0. The molecule has 1 aliphatic rings. The standard InChI is InChI=1S/C17H20FN3O2/c1-10(2)15(17-20-16(21-23-17)11-7-8-11)19-14(22)9-12-5-3-4-6-13(12)18/h3-6,10-11,15H,7-9H2,1-2H3,(H,19,22)/t15-/m1/s1. The van der Waals surface area contributed by atoms with Gasteiger partial charge in [-0.3, -0.25) is 4.79 Å². The van der Waals surface area contributed by atoms with E-state index < -0.39 is 0 Å². The van der Waals surface area contributed by atoms with E-state index in [1.165, 1.54) is 6.07 Å². The molecular weight excluding hydrogens is 297 g/mol. The van der Waals surface area contributed by atoms with Crippen molar-refractivity contribution >= 4 is 5.91 Å². The molecular formula is C17H20FN3O2. The molecule has 1 aromatic carbocycles. The van der Waals surface area contributed by atoms with Crippen LogP contribution in [0.3, 0.4) is 0 Å². The Kier molecular flexibility index (Phi) is 4.41. The Hall–Kier alpha value is -2.24. The first-order valence-corrected chi connectivity index (χ1v) is 7.91. The molecule has 1 atom stereocenters. The maximum absolute atomic E-state index is 13.6. The monoisotopic (exact) mass is 317 g/mol. The highest BCUT2D eigenvalue weighted by Crippen LogP contribution is 2.38. The first kappa shape index (κ1) is 15.6. The third-order valence-corrected chi connectivity index (χ3v) is 3.96. The molecule has 1 aliphatic carbocycles. The van der Waals surface area contributed by atoms with Crippen LogP contribution in [0.4, 0.5) is 4.39 Å². The quantitative estimate of drug-likeness (QED) is 0.888. The van der Waals surface area contributed by atoms with Crippen molar-refractivity contribution in [3.05, 3.63) is 47.4 Å². The van der Waals surface area contributed by atoms with Crippen molar-refractivity contribution in [3.8, 4) is 0 Å². The van der Waals surface area contributed by atoms with Gasteiger partial charge in [-0.2, -0.15) is 4.98 Å². The van der Waals surface area contributed by atoms with E-state index in [1.807, 2.05) is 13.8 Å². The summed E-state index contributed by atoms with van der Waals surface area (Å²) in [4.78, 5) is 16.6. The summed E-state index contributed by atoms with van der Waals surface area (Å²) in [5, 5.41) is 6.87. The molecule has 5 nitrogen and oxygen atoms in total. The molecule has 2 aromatic rings. The van der Waals surface area contributed by atoms with Crippen molar-refractivity contribution < 1.29 is 13.7 Å². The summed E-state index contributed by atoms with van der Waals surface area (Å²) in [7, 11) is 0. The summed E-state index contributed by atoms with van der Waals surface area (Å²) in [6.45, 7) is 3.93. The molecule has 0 saturated heterocycles. The van der Waals surface area contributed by atoms with Gasteiger partial charge in [-0.1, -0.05) is 37.2 Å². The number of halogens is 1.